The predicted octanol–water partition coefficient (Wildman–Crippen LogP) is 1.37. The van der Waals surface area contributed by atoms with Crippen molar-refractivity contribution in [2.24, 2.45) is 0 Å². The molecule has 0 aliphatic rings. The Kier molecular flexibility index (Phi) is 1.25. The van der Waals surface area contributed by atoms with Crippen molar-refractivity contribution in [1.29, 1.82) is 0 Å². The maximum Gasteiger partial charge on any atom is 0.181 e. The van der Waals surface area contributed by atoms with E-state index in [9.17, 15) is 0 Å². The maximum absolute atomic E-state index is 5.05. The van der Waals surface area contributed by atoms with Gasteiger partial charge in [0.15, 0.2) is 12.2 Å². The number of rotatable bonds is 1. The third-order valence-corrected chi connectivity index (χ3v) is 1.40. The van der Waals surface area contributed by atoms with Crippen molar-refractivity contribution in [3.63, 3.8) is 0 Å². The lowest BCUT2D eigenvalue weighted by atomic mass is 10.4. The van der Waals surface area contributed by atoms with Gasteiger partial charge in [0.2, 0.25) is 0 Å². The molecule has 0 aliphatic carbocycles. The molecule has 0 spiro atoms. The number of nitrogens with one attached hydrogen (secondary N) is 1. The highest BCUT2D eigenvalue weighted by atomic mass is 16.3. The van der Waals surface area contributed by atoms with E-state index in [1.165, 1.54) is 6.39 Å². The molecule has 4 heteroatoms. The van der Waals surface area contributed by atoms with Gasteiger partial charge in [0.1, 0.15) is 11.5 Å². The van der Waals surface area contributed by atoms with Gasteiger partial charge in [-0.15, -0.1) is 0 Å². The van der Waals surface area contributed by atoms with Crippen LogP contribution in [-0.4, -0.2) is 15.0 Å². The van der Waals surface area contributed by atoms with Crippen molar-refractivity contribution in [1.82, 2.24) is 15.0 Å². The van der Waals surface area contributed by atoms with Gasteiger partial charge in [-0.1, -0.05) is 0 Å². The molecule has 0 aliphatic heterocycles. The second-order valence-electron chi connectivity index (χ2n) is 2.25. The minimum Gasteiger partial charge on any atom is -0.442 e. The van der Waals surface area contributed by atoms with E-state index < -0.39 is 0 Å². The Labute approximate surface area is 63.3 Å². The summed E-state index contributed by atoms with van der Waals surface area (Å²) in [5.74, 6) is 1.59. The molecule has 4 nitrogen and oxygen atoms in total. The Morgan fingerprint density at radius 2 is 2.36 bits per heavy atom. The summed E-state index contributed by atoms with van der Waals surface area (Å²) in [6, 6.07) is 0. The normalized spacial score (nSPS) is 10.3. The van der Waals surface area contributed by atoms with Crippen LogP contribution in [-0.2, 0) is 0 Å². The van der Waals surface area contributed by atoms with E-state index in [1.807, 2.05) is 6.92 Å². The molecule has 2 aromatic rings. The quantitative estimate of drug-likeness (QED) is 0.666. The molecule has 0 radical (unpaired) electrons. The van der Waals surface area contributed by atoms with Crippen LogP contribution in [0.3, 0.4) is 0 Å². The standard InChI is InChI=1S/C7H7N3O/c1-5-9-2-6(10-5)7-3-8-4-11-7/h2-4H,1H3,(H,9,10). The van der Waals surface area contributed by atoms with Gasteiger partial charge in [0, 0.05) is 0 Å². The van der Waals surface area contributed by atoms with Crippen LogP contribution < -0.4 is 0 Å². The van der Waals surface area contributed by atoms with E-state index in [4.69, 9.17) is 4.42 Å². The summed E-state index contributed by atoms with van der Waals surface area (Å²) in [6.07, 6.45) is 4.76. The SMILES string of the molecule is Cc1ncc(-c2cnco2)[nH]1. The third kappa shape index (κ3) is 1.02. The number of aryl methyl sites for hydroxylation is 1. The summed E-state index contributed by atoms with van der Waals surface area (Å²) in [5, 5.41) is 0. The lowest BCUT2D eigenvalue weighted by Crippen LogP contribution is -1.73. The van der Waals surface area contributed by atoms with E-state index in [1.54, 1.807) is 12.4 Å². The molecule has 2 heterocycles. The molecule has 0 saturated carbocycles. The fraction of sp³-hybridized carbons (Fsp3) is 0.143. The van der Waals surface area contributed by atoms with Crippen molar-refractivity contribution < 1.29 is 4.42 Å². The Balaban J connectivity index is 2.45. The number of hydrogen-bond acceptors (Lipinski definition) is 3. The average Bonchev–Trinajstić information content (AvgIpc) is 2.55. The van der Waals surface area contributed by atoms with Crippen LogP contribution in [0.25, 0.3) is 11.5 Å². The molecule has 0 unspecified atom stereocenters. The Morgan fingerprint density at radius 3 is 2.91 bits per heavy atom. The van der Waals surface area contributed by atoms with Gasteiger partial charge in [-0.2, -0.15) is 0 Å². The van der Waals surface area contributed by atoms with Crippen LogP contribution in [0.2, 0.25) is 0 Å². The van der Waals surface area contributed by atoms with E-state index in [2.05, 4.69) is 15.0 Å². The molecule has 0 aromatic carbocycles. The van der Waals surface area contributed by atoms with E-state index in [-0.39, 0.29) is 0 Å². The van der Waals surface area contributed by atoms with Crippen LogP contribution in [0.5, 0.6) is 0 Å². The summed E-state index contributed by atoms with van der Waals surface area (Å²) >= 11 is 0. The smallest absolute Gasteiger partial charge is 0.181 e. The molecule has 0 bridgehead atoms. The first-order chi connectivity index (χ1) is 5.36. The minimum atomic E-state index is 0.714. The van der Waals surface area contributed by atoms with E-state index >= 15 is 0 Å². The zero-order chi connectivity index (χ0) is 7.68. The molecule has 0 amide bonds. The largest absolute Gasteiger partial charge is 0.442 e. The number of aromatic amines is 1. The molecular weight excluding hydrogens is 142 g/mol. The van der Waals surface area contributed by atoms with Gasteiger partial charge in [-0.25, -0.2) is 9.97 Å². The maximum atomic E-state index is 5.05. The lowest BCUT2D eigenvalue weighted by Gasteiger charge is -1.85. The monoisotopic (exact) mass is 149 g/mol. The van der Waals surface area contributed by atoms with Gasteiger partial charge >= 0.3 is 0 Å². The van der Waals surface area contributed by atoms with E-state index in [0.717, 1.165) is 11.5 Å². The number of H-pyrrole nitrogens is 1. The molecule has 1 N–H and O–H groups in total. The van der Waals surface area contributed by atoms with Crippen molar-refractivity contribution >= 4 is 0 Å². The summed E-state index contributed by atoms with van der Waals surface area (Å²) in [6.45, 7) is 1.89. The van der Waals surface area contributed by atoms with Crippen molar-refractivity contribution in [2.75, 3.05) is 0 Å². The second-order valence-corrected chi connectivity index (χ2v) is 2.25. The van der Waals surface area contributed by atoms with Gasteiger partial charge in [0.05, 0.1) is 12.4 Å². The Hall–Kier alpha value is -1.58. The fourth-order valence-corrected chi connectivity index (χ4v) is 0.895. The van der Waals surface area contributed by atoms with Crippen molar-refractivity contribution in [3.8, 4) is 11.5 Å². The zero-order valence-corrected chi connectivity index (χ0v) is 6.03. The van der Waals surface area contributed by atoms with Crippen LogP contribution in [0.4, 0.5) is 0 Å². The first-order valence-electron chi connectivity index (χ1n) is 3.27. The first-order valence-corrected chi connectivity index (χ1v) is 3.27. The molecule has 2 aromatic heterocycles. The predicted molar refractivity (Wildman–Crippen MR) is 38.8 cm³/mol. The Morgan fingerprint density at radius 1 is 1.45 bits per heavy atom. The van der Waals surface area contributed by atoms with Gasteiger partial charge in [-0.05, 0) is 6.92 Å². The highest BCUT2D eigenvalue weighted by molar-refractivity contribution is 5.48. The van der Waals surface area contributed by atoms with Gasteiger partial charge in [0.25, 0.3) is 0 Å². The van der Waals surface area contributed by atoms with Crippen LogP contribution >= 0.6 is 0 Å². The van der Waals surface area contributed by atoms with E-state index in [0.29, 0.717) is 5.76 Å². The number of nitrogens with zero attached hydrogens (tertiary/aromatic N) is 2. The number of imidazole rings is 1. The number of hydrogen-bond donors (Lipinski definition) is 1. The highest BCUT2D eigenvalue weighted by Crippen LogP contribution is 2.14. The molecule has 0 fully saturated rings. The van der Waals surface area contributed by atoms with Gasteiger partial charge < -0.3 is 9.40 Å². The summed E-state index contributed by atoms with van der Waals surface area (Å²) in [4.78, 5) is 10.9. The highest BCUT2D eigenvalue weighted by Gasteiger charge is 2.02. The first kappa shape index (κ1) is 6.15. The fourth-order valence-electron chi connectivity index (χ4n) is 0.895. The van der Waals surface area contributed by atoms with Crippen molar-refractivity contribution in [3.05, 3.63) is 24.6 Å². The molecule has 0 atom stereocenters. The molecule has 11 heavy (non-hydrogen) atoms. The topological polar surface area (TPSA) is 54.7 Å². The minimum absolute atomic E-state index is 0.714. The molecular formula is C7H7N3O. The van der Waals surface area contributed by atoms with Crippen LogP contribution in [0.15, 0.2) is 23.2 Å². The Bertz CT molecular complexity index is 336. The molecule has 0 saturated heterocycles. The number of oxazole rings is 1. The summed E-state index contributed by atoms with van der Waals surface area (Å²) in [5.41, 5.74) is 0.861. The third-order valence-electron chi connectivity index (χ3n) is 1.40. The summed E-state index contributed by atoms with van der Waals surface area (Å²) < 4.78 is 5.05. The van der Waals surface area contributed by atoms with Gasteiger partial charge in [-0.3, -0.25) is 0 Å². The van der Waals surface area contributed by atoms with Crippen LogP contribution in [0.1, 0.15) is 5.82 Å². The second kappa shape index (κ2) is 2.23. The van der Waals surface area contributed by atoms with Crippen molar-refractivity contribution in [2.45, 2.75) is 6.92 Å². The molecule has 2 rings (SSSR count). The zero-order valence-electron chi connectivity index (χ0n) is 6.03. The van der Waals surface area contributed by atoms with Crippen LogP contribution in [0, 0.1) is 6.92 Å². The average molecular weight is 149 g/mol. The summed E-state index contributed by atoms with van der Waals surface area (Å²) in [7, 11) is 0. The molecule has 56 valence electrons. The lowest BCUT2D eigenvalue weighted by molar-refractivity contribution is 0.570. The number of aromatic nitrogens is 3.